The van der Waals surface area contributed by atoms with E-state index in [4.69, 9.17) is 15.2 Å². The molecule has 2 aromatic rings. The van der Waals surface area contributed by atoms with Gasteiger partial charge in [-0.1, -0.05) is 0 Å². The van der Waals surface area contributed by atoms with Crippen LogP contribution >= 0.6 is 0 Å². The second-order valence-corrected chi connectivity index (χ2v) is 7.50. The summed E-state index contributed by atoms with van der Waals surface area (Å²) < 4.78 is 45.8. The Bertz CT molecular complexity index is 1070. The van der Waals surface area contributed by atoms with Crippen molar-refractivity contribution in [3.63, 3.8) is 0 Å². The van der Waals surface area contributed by atoms with Crippen LogP contribution in [0.4, 0.5) is 9.70 Å². The highest BCUT2D eigenvalue weighted by molar-refractivity contribution is 7.86. The van der Waals surface area contributed by atoms with Crippen molar-refractivity contribution in [3.05, 3.63) is 52.6 Å². The minimum absolute atomic E-state index is 0.0312. The van der Waals surface area contributed by atoms with Crippen LogP contribution in [-0.4, -0.2) is 59.1 Å². The first-order valence-corrected chi connectivity index (χ1v) is 9.54. The smallest absolute Gasteiger partial charge is 0.351 e. The molecule has 1 fully saturated rings. The molecule has 0 unspecified atom stereocenters. The number of nitrogens with zero attached hydrogens (tertiary/aromatic N) is 2. The summed E-state index contributed by atoms with van der Waals surface area (Å²) in [4.78, 5) is 26.8. The summed E-state index contributed by atoms with van der Waals surface area (Å²) in [5, 5.41) is 20.2. The standard InChI is InChI=1S/C16H16FN3O8S/c17-29(25,26)9-3-1-8(2-4-9)15(23)27-7-10-12(21)13(22)14(28-10)20-6-5-11(18)19-16(20)24/h1-6,10,12-14,21-22H,7H2,(H2,18,19,24)/t10-,12-,13-,14-/m0/s1. The van der Waals surface area contributed by atoms with E-state index < -0.39 is 57.9 Å². The van der Waals surface area contributed by atoms with Gasteiger partial charge in [-0.3, -0.25) is 4.57 Å². The van der Waals surface area contributed by atoms with Crippen LogP contribution in [0.15, 0.2) is 46.2 Å². The Labute approximate surface area is 163 Å². The normalized spacial score (nSPS) is 24.4. The number of rotatable bonds is 5. The number of anilines is 1. The van der Waals surface area contributed by atoms with Crippen LogP contribution < -0.4 is 11.4 Å². The second-order valence-electron chi connectivity index (χ2n) is 6.15. The Hall–Kier alpha value is -2.87. The van der Waals surface area contributed by atoms with Crippen LogP contribution in [0, 0.1) is 0 Å². The number of hydrogen-bond donors (Lipinski definition) is 3. The van der Waals surface area contributed by atoms with Gasteiger partial charge in [-0.15, -0.1) is 3.89 Å². The number of ether oxygens (including phenoxy) is 2. The number of aliphatic hydroxyl groups excluding tert-OH is 2. The van der Waals surface area contributed by atoms with Gasteiger partial charge in [-0.25, -0.2) is 9.59 Å². The zero-order valence-corrected chi connectivity index (χ0v) is 15.4. The zero-order chi connectivity index (χ0) is 21.3. The molecule has 0 spiro atoms. The van der Waals surface area contributed by atoms with Crippen molar-refractivity contribution in [1.82, 2.24) is 9.55 Å². The summed E-state index contributed by atoms with van der Waals surface area (Å²) in [5.41, 5.74) is 4.52. The van der Waals surface area contributed by atoms with Gasteiger partial charge in [0, 0.05) is 6.20 Å². The molecule has 1 saturated heterocycles. The van der Waals surface area contributed by atoms with Crippen LogP contribution in [0.2, 0.25) is 0 Å². The molecule has 11 nitrogen and oxygen atoms in total. The fourth-order valence-corrected chi connectivity index (χ4v) is 3.17. The van der Waals surface area contributed by atoms with Gasteiger partial charge in [0.1, 0.15) is 30.7 Å². The summed E-state index contributed by atoms with van der Waals surface area (Å²) in [6.45, 7) is -0.478. The first-order chi connectivity index (χ1) is 13.6. The van der Waals surface area contributed by atoms with Crippen LogP contribution in [0.1, 0.15) is 16.6 Å². The van der Waals surface area contributed by atoms with Gasteiger partial charge < -0.3 is 25.4 Å². The maximum atomic E-state index is 12.9. The number of hydrogen-bond acceptors (Lipinski definition) is 10. The first kappa shape index (κ1) is 20.9. The third-order valence-corrected chi connectivity index (χ3v) is 5.05. The van der Waals surface area contributed by atoms with Gasteiger partial charge in [0.05, 0.1) is 10.5 Å². The van der Waals surface area contributed by atoms with E-state index in [-0.39, 0.29) is 11.4 Å². The van der Waals surface area contributed by atoms with Gasteiger partial charge in [-0.05, 0) is 30.3 Å². The summed E-state index contributed by atoms with van der Waals surface area (Å²) in [6, 6.07) is 5.20. The average molecular weight is 429 g/mol. The average Bonchev–Trinajstić information content (AvgIpc) is 2.94. The Morgan fingerprint density at radius 3 is 2.48 bits per heavy atom. The molecule has 1 aliphatic heterocycles. The van der Waals surface area contributed by atoms with E-state index in [9.17, 15) is 32.1 Å². The molecule has 1 aromatic heterocycles. The minimum atomic E-state index is -4.90. The molecule has 4 N–H and O–H groups in total. The lowest BCUT2D eigenvalue weighted by Crippen LogP contribution is -2.36. The molecular weight excluding hydrogens is 413 g/mol. The van der Waals surface area contributed by atoms with E-state index in [0.29, 0.717) is 0 Å². The van der Waals surface area contributed by atoms with Crippen molar-refractivity contribution >= 4 is 22.0 Å². The van der Waals surface area contributed by atoms with Crippen molar-refractivity contribution in [2.75, 3.05) is 12.3 Å². The quantitative estimate of drug-likeness (QED) is 0.394. The molecule has 13 heteroatoms. The van der Waals surface area contributed by atoms with E-state index in [1.54, 1.807) is 0 Å². The Morgan fingerprint density at radius 2 is 1.90 bits per heavy atom. The number of aliphatic hydroxyl groups is 2. The second kappa shape index (κ2) is 7.87. The molecule has 29 heavy (non-hydrogen) atoms. The Balaban J connectivity index is 1.66. The summed E-state index contributed by atoms with van der Waals surface area (Å²) in [7, 11) is -4.90. The molecule has 156 valence electrons. The summed E-state index contributed by atoms with van der Waals surface area (Å²) >= 11 is 0. The number of carbonyl (C=O) groups excluding carboxylic acids is 1. The summed E-state index contributed by atoms with van der Waals surface area (Å²) in [6.07, 6.45) is -4.18. The lowest BCUT2D eigenvalue weighted by Gasteiger charge is -2.16. The lowest BCUT2D eigenvalue weighted by atomic mass is 10.1. The molecule has 3 rings (SSSR count). The number of halogens is 1. The molecule has 0 bridgehead atoms. The van der Waals surface area contributed by atoms with Crippen molar-refractivity contribution < 1.29 is 36.8 Å². The first-order valence-electron chi connectivity index (χ1n) is 8.16. The van der Waals surface area contributed by atoms with Crippen LogP contribution in [0.25, 0.3) is 0 Å². The molecule has 0 amide bonds. The van der Waals surface area contributed by atoms with Gasteiger partial charge in [-0.2, -0.15) is 13.4 Å². The number of aromatic nitrogens is 2. The molecular formula is C16H16FN3O8S. The van der Waals surface area contributed by atoms with E-state index in [0.717, 1.165) is 28.8 Å². The van der Waals surface area contributed by atoms with Gasteiger partial charge >= 0.3 is 21.9 Å². The van der Waals surface area contributed by atoms with E-state index in [1.807, 2.05) is 0 Å². The monoisotopic (exact) mass is 429 g/mol. The van der Waals surface area contributed by atoms with Crippen molar-refractivity contribution in [3.8, 4) is 0 Å². The van der Waals surface area contributed by atoms with Crippen molar-refractivity contribution in [2.45, 2.75) is 29.4 Å². The molecule has 0 aliphatic carbocycles. The van der Waals surface area contributed by atoms with Crippen LogP contribution in [0.3, 0.4) is 0 Å². The third kappa shape index (κ3) is 4.42. The van der Waals surface area contributed by atoms with Gasteiger partial charge in [0.15, 0.2) is 6.23 Å². The zero-order valence-electron chi connectivity index (χ0n) is 14.6. The van der Waals surface area contributed by atoms with E-state index in [2.05, 4.69) is 4.98 Å². The van der Waals surface area contributed by atoms with Gasteiger partial charge in [0.25, 0.3) is 0 Å². The number of carbonyl (C=O) groups is 1. The number of esters is 1. The minimum Gasteiger partial charge on any atom is -0.459 e. The topological polar surface area (TPSA) is 171 Å². The molecule has 1 aliphatic rings. The molecule has 0 radical (unpaired) electrons. The fraction of sp³-hybridized carbons (Fsp3) is 0.312. The molecule has 1 aromatic carbocycles. The lowest BCUT2D eigenvalue weighted by molar-refractivity contribution is -0.0598. The van der Waals surface area contributed by atoms with Gasteiger partial charge in [0.2, 0.25) is 0 Å². The molecule has 4 atom stereocenters. The highest BCUT2D eigenvalue weighted by Crippen LogP contribution is 2.28. The summed E-state index contributed by atoms with van der Waals surface area (Å²) in [5.74, 6) is -0.927. The fourth-order valence-electron chi connectivity index (χ4n) is 2.71. The number of nitrogens with two attached hydrogens (primary N) is 1. The Morgan fingerprint density at radius 1 is 1.24 bits per heavy atom. The molecule has 2 heterocycles. The highest BCUT2D eigenvalue weighted by Gasteiger charge is 2.44. The number of benzene rings is 1. The highest BCUT2D eigenvalue weighted by atomic mass is 32.3. The maximum absolute atomic E-state index is 12.9. The predicted octanol–water partition coefficient (Wildman–Crippen LogP) is -1.04. The van der Waals surface area contributed by atoms with E-state index >= 15 is 0 Å². The molecule has 0 saturated carbocycles. The third-order valence-electron chi connectivity index (χ3n) is 4.21. The largest absolute Gasteiger partial charge is 0.459 e. The van der Waals surface area contributed by atoms with Crippen LogP contribution in [0.5, 0.6) is 0 Å². The number of nitrogen functional groups attached to an aromatic ring is 1. The van der Waals surface area contributed by atoms with Crippen LogP contribution in [-0.2, 0) is 19.7 Å². The SMILES string of the molecule is Nc1ccn([C@H]2O[C@@H](COC(=O)c3ccc(S(=O)(=O)F)cc3)[C@H](O)[C@@H]2O)c(=O)n1. The Kier molecular flexibility index (Phi) is 5.66. The van der Waals surface area contributed by atoms with E-state index in [1.165, 1.54) is 12.3 Å². The van der Waals surface area contributed by atoms with Crippen molar-refractivity contribution in [2.24, 2.45) is 0 Å². The maximum Gasteiger partial charge on any atom is 0.351 e. The van der Waals surface area contributed by atoms with Crippen molar-refractivity contribution in [1.29, 1.82) is 0 Å². The predicted molar refractivity (Wildman–Crippen MR) is 93.9 cm³/mol.